The number of hydrogen-bond donors (Lipinski definition) is 2. The van der Waals surface area contributed by atoms with E-state index >= 15 is 0 Å². The zero-order valence-corrected chi connectivity index (χ0v) is 22.4. The number of para-hydroxylation sites is 1. The highest BCUT2D eigenvalue weighted by Crippen LogP contribution is 2.28. The second-order valence-corrected chi connectivity index (χ2v) is 9.86. The van der Waals surface area contributed by atoms with E-state index in [4.69, 9.17) is 11.6 Å². The molecule has 0 radical (unpaired) electrons. The van der Waals surface area contributed by atoms with Gasteiger partial charge in [-0.2, -0.15) is 0 Å². The molecule has 0 spiro atoms. The third-order valence-corrected chi connectivity index (χ3v) is 7.09. The van der Waals surface area contributed by atoms with Crippen molar-refractivity contribution in [3.05, 3.63) is 111 Å². The smallest absolute Gasteiger partial charge is 0.333 e. The van der Waals surface area contributed by atoms with Gasteiger partial charge < -0.3 is 15.5 Å². The van der Waals surface area contributed by atoms with Crippen molar-refractivity contribution in [1.82, 2.24) is 24.7 Å². The van der Waals surface area contributed by atoms with Crippen molar-refractivity contribution in [3.8, 4) is 16.9 Å². The van der Waals surface area contributed by atoms with E-state index in [0.717, 1.165) is 11.1 Å². The van der Waals surface area contributed by atoms with E-state index in [2.05, 4.69) is 10.6 Å². The molecule has 0 aliphatic carbocycles. The molecule has 2 heterocycles. The fourth-order valence-corrected chi connectivity index (χ4v) is 5.09. The van der Waals surface area contributed by atoms with Crippen LogP contribution < -0.4 is 16.3 Å². The Kier molecular flexibility index (Phi) is 7.95. The molecule has 39 heavy (non-hydrogen) atoms. The number of benzene rings is 3. The number of halogens is 1. The lowest BCUT2D eigenvalue weighted by Crippen LogP contribution is -2.47. The largest absolute Gasteiger partial charge is 0.350 e. The van der Waals surface area contributed by atoms with Gasteiger partial charge in [-0.1, -0.05) is 66.2 Å². The van der Waals surface area contributed by atoms with Gasteiger partial charge in [0.25, 0.3) is 11.8 Å². The normalized spacial score (nSPS) is 13.3. The van der Waals surface area contributed by atoms with Gasteiger partial charge in [0.05, 0.1) is 11.4 Å². The summed E-state index contributed by atoms with van der Waals surface area (Å²) in [6, 6.07) is 23.8. The predicted octanol–water partition coefficient (Wildman–Crippen LogP) is 3.74. The van der Waals surface area contributed by atoms with Crippen LogP contribution in [0.5, 0.6) is 0 Å². The Morgan fingerprint density at radius 3 is 2.38 bits per heavy atom. The predicted molar refractivity (Wildman–Crippen MR) is 153 cm³/mol. The summed E-state index contributed by atoms with van der Waals surface area (Å²) >= 11 is 6.04. The number of carbonyl (C=O) groups excluding carboxylic acids is 2. The van der Waals surface area contributed by atoms with Crippen molar-refractivity contribution in [2.45, 2.75) is 13.5 Å². The number of carbonyl (C=O) groups is 2. The summed E-state index contributed by atoms with van der Waals surface area (Å²) in [7, 11) is 0. The van der Waals surface area contributed by atoms with Crippen molar-refractivity contribution < 1.29 is 9.59 Å². The summed E-state index contributed by atoms with van der Waals surface area (Å²) in [5, 5.41) is 6.60. The number of piperazine rings is 1. The van der Waals surface area contributed by atoms with E-state index in [1.165, 1.54) is 4.57 Å². The molecule has 1 aromatic heterocycles. The van der Waals surface area contributed by atoms with Crippen molar-refractivity contribution >= 4 is 23.4 Å². The highest BCUT2D eigenvalue weighted by Gasteiger charge is 2.31. The molecule has 0 bridgehead atoms. The quantitative estimate of drug-likeness (QED) is 0.372. The minimum Gasteiger partial charge on any atom is -0.350 e. The first-order valence-corrected chi connectivity index (χ1v) is 13.3. The molecule has 1 aliphatic rings. The van der Waals surface area contributed by atoms with E-state index in [0.29, 0.717) is 53.8 Å². The molecule has 9 heteroatoms. The first kappa shape index (κ1) is 26.5. The molecule has 2 amide bonds. The molecule has 2 N–H and O–H groups in total. The maximum atomic E-state index is 14.1. The van der Waals surface area contributed by atoms with Crippen LogP contribution in [-0.4, -0.2) is 58.6 Å². The minimum atomic E-state index is -0.335. The maximum absolute atomic E-state index is 14.1. The average Bonchev–Trinajstić information content (AvgIpc) is 3.25. The molecule has 1 fully saturated rings. The van der Waals surface area contributed by atoms with Crippen molar-refractivity contribution in [2.24, 2.45) is 0 Å². The Bertz CT molecular complexity index is 1550. The standard InChI is InChI=1S/C30H30ClN5O3/c1-21-8-5-6-13-25(21)36-26(22-9-3-2-4-10-22)27(29(38)34-17-14-32-15-18-34)35(30(36)39)19-16-33-28(37)23-11-7-12-24(31)20-23/h2-13,20,32H,14-19H2,1H3,(H,33,37). The molecule has 0 saturated carbocycles. The fourth-order valence-electron chi connectivity index (χ4n) is 4.90. The molecule has 5 rings (SSSR count). The van der Waals surface area contributed by atoms with E-state index in [1.807, 2.05) is 61.5 Å². The lowest BCUT2D eigenvalue weighted by atomic mass is 10.1. The van der Waals surface area contributed by atoms with Crippen LogP contribution in [0, 0.1) is 6.92 Å². The number of aromatic nitrogens is 2. The van der Waals surface area contributed by atoms with Gasteiger partial charge in [-0.3, -0.25) is 18.7 Å². The number of hydrogen-bond acceptors (Lipinski definition) is 4. The Morgan fingerprint density at radius 1 is 0.949 bits per heavy atom. The molecular formula is C30H30ClN5O3. The Morgan fingerprint density at radius 2 is 1.67 bits per heavy atom. The van der Waals surface area contributed by atoms with Gasteiger partial charge in [0.1, 0.15) is 5.69 Å². The number of amides is 2. The van der Waals surface area contributed by atoms with Gasteiger partial charge in [-0.25, -0.2) is 4.79 Å². The van der Waals surface area contributed by atoms with E-state index in [-0.39, 0.29) is 30.6 Å². The fraction of sp³-hybridized carbons (Fsp3) is 0.233. The average molecular weight is 544 g/mol. The van der Waals surface area contributed by atoms with Gasteiger partial charge in [0.2, 0.25) is 0 Å². The van der Waals surface area contributed by atoms with Crippen LogP contribution >= 0.6 is 11.6 Å². The van der Waals surface area contributed by atoms with E-state index in [1.54, 1.807) is 33.7 Å². The molecule has 200 valence electrons. The minimum absolute atomic E-state index is 0.122. The first-order chi connectivity index (χ1) is 19.0. The van der Waals surface area contributed by atoms with Gasteiger partial charge in [-0.15, -0.1) is 0 Å². The van der Waals surface area contributed by atoms with E-state index in [9.17, 15) is 14.4 Å². The third-order valence-electron chi connectivity index (χ3n) is 6.86. The summed E-state index contributed by atoms with van der Waals surface area (Å²) in [4.78, 5) is 42.7. The van der Waals surface area contributed by atoms with Crippen LogP contribution in [-0.2, 0) is 6.54 Å². The topological polar surface area (TPSA) is 88.4 Å². The summed E-state index contributed by atoms with van der Waals surface area (Å²) in [5.74, 6) is -0.511. The van der Waals surface area contributed by atoms with Crippen molar-refractivity contribution in [3.63, 3.8) is 0 Å². The SMILES string of the molecule is Cc1ccccc1-n1c(-c2ccccc2)c(C(=O)N2CCNCC2)n(CCNC(=O)c2cccc(Cl)c2)c1=O. The monoisotopic (exact) mass is 543 g/mol. The molecule has 1 saturated heterocycles. The Balaban J connectivity index is 1.61. The number of rotatable bonds is 7. The Hall–Kier alpha value is -4.14. The summed E-state index contributed by atoms with van der Waals surface area (Å²) in [6.45, 7) is 4.67. The number of nitrogens with one attached hydrogen (secondary N) is 2. The van der Waals surface area contributed by atoms with Crippen LogP contribution in [0.1, 0.15) is 26.4 Å². The number of imidazole rings is 1. The lowest BCUT2D eigenvalue weighted by molar-refractivity contribution is 0.0725. The first-order valence-electron chi connectivity index (χ1n) is 13.0. The molecule has 8 nitrogen and oxygen atoms in total. The summed E-state index contributed by atoms with van der Waals surface area (Å²) in [6.07, 6.45) is 0. The molecule has 0 unspecified atom stereocenters. The van der Waals surface area contributed by atoms with Crippen LogP contribution in [0.15, 0.2) is 83.7 Å². The molecule has 0 atom stereocenters. The molecule has 1 aliphatic heterocycles. The van der Waals surface area contributed by atoms with E-state index < -0.39 is 0 Å². The summed E-state index contributed by atoms with van der Waals surface area (Å²) in [5.41, 5.74) is 3.32. The molecule has 4 aromatic rings. The maximum Gasteiger partial charge on any atom is 0.333 e. The van der Waals surface area contributed by atoms with Crippen LogP contribution in [0.4, 0.5) is 0 Å². The second kappa shape index (κ2) is 11.7. The highest BCUT2D eigenvalue weighted by atomic mass is 35.5. The number of aryl methyl sites for hydroxylation is 1. The van der Waals surface area contributed by atoms with Gasteiger partial charge in [0, 0.05) is 55.4 Å². The lowest BCUT2D eigenvalue weighted by Gasteiger charge is -2.28. The van der Waals surface area contributed by atoms with Crippen LogP contribution in [0.25, 0.3) is 16.9 Å². The highest BCUT2D eigenvalue weighted by molar-refractivity contribution is 6.30. The summed E-state index contributed by atoms with van der Waals surface area (Å²) < 4.78 is 3.12. The van der Waals surface area contributed by atoms with Gasteiger partial charge in [0.15, 0.2) is 0 Å². The third kappa shape index (κ3) is 5.53. The molecular weight excluding hydrogens is 514 g/mol. The van der Waals surface area contributed by atoms with Crippen LogP contribution in [0.2, 0.25) is 5.02 Å². The van der Waals surface area contributed by atoms with Gasteiger partial charge >= 0.3 is 5.69 Å². The number of nitrogens with zero attached hydrogens (tertiary/aromatic N) is 3. The van der Waals surface area contributed by atoms with Crippen molar-refractivity contribution in [1.29, 1.82) is 0 Å². The second-order valence-electron chi connectivity index (χ2n) is 9.43. The Labute approximate surface area is 231 Å². The van der Waals surface area contributed by atoms with Crippen LogP contribution in [0.3, 0.4) is 0 Å². The molecule has 3 aromatic carbocycles. The van der Waals surface area contributed by atoms with Gasteiger partial charge in [-0.05, 0) is 36.8 Å². The van der Waals surface area contributed by atoms with Crippen molar-refractivity contribution in [2.75, 3.05) is 32.7 Å². The zero-order valence-electron chi connectivity index (χ0n) is 21.7. The zero-order chi connectivity index (χ0) is 27.4.